The van der Waals surface area contributed by atoms with Gasteiger partial charge in [-0.2, -0.15) is 0 Å². The summed E-state index contributed by atoms with van der Waals surface area (Å²) in [5.74, 6) is 2.50. The van der Waals surface area contributed by atoms with Crippen molar-refractivity contribution < 1.29 is 19.0 Å². The van der Waals surface area contributed by atoms with E-state index in [1.165, 1.54) is 11.8 Å². The van der Waals surface area contributed by atoms with E-state index in [2.05, 4.69) is 26.6 Å². The highest BCUT2D eigenvalue weighted by molar-refractivity contribution is 7.99. The number of thioether (sulfide) groups is 1. The fourth-order valence-electron chi connectivity index (χ4n) is 3.21. The fourth-order valence-corrected chi connectivity index (χ4v) is 4.10. The number of aromatic nitrogens is 3. The van der Waals surface area contributed by atoms with Crippen LogP contribution < -0.4 is 14.4 Å². The summed E-state index contributed by atoms with van der Waals surface area (Å²) >= 11 is 1.41. The highest BCUT2D eigenvalue weighted by Gasteiger charge is 2.21. The Morgan fingerprint density at radius 3 is 2.68 bits per heavy atom. The second-order valence-corrected chi connectivity index (χ2v) is 7.49. The largest absolute Gasteiger partial charge is 0.490 e. The molecule has 0 radical (unpaired) electrons. The van der Waals surface area contributed by atoms with Gasteiger partial charge in [-0.05, 0) is 25.1 Å². The molecule has 1 aromatic heterocycles. The molecule has 0 aliphatic carbocycles. The summed E-state index contributed by atoms with van der Waals surface area (Å²) in [6.45, 7) is 7.04. The lowest BCUT2D eigenvalue weighted by Crippen LogP contribution is -2.38. The molecule has 0 saturated carbocycles. The molecule has 28 heavy (non-hydrogen) atoms. The van der Waals surface area contributed by atoms with Crippen molar-refractivity contribution in [3.8, 4) is 11.5 Å². The fraction of sp³-hybridized carbons (Fsp3) is 0.526. The van der Waals surface area contributed by atoms with Crippen LogP contribution in [0.2, 0.25) is 0 Å². The van der Waals surface area contributed by atoms with Crippen LogP contribution in [0.25, 0.3) is 0 Å². The Hall–Kier alpha value is -2.26. The number of anilines is 1. The minimum atomic E-state index is 0.0271. The van der Waals surface area contributed by atoms with Gasteiger partial charge in [0, 0.05) is 31.6 Å². The van der Waals surface area contributed by atoms with Crippen molar-refractivity contribution in [2.45, 2.75) is 25.0 Å². The van der Waals surface area contributed by atoms with Gasteiger partial charge in [-0.15, -0.1) is 10.2 Å². The third-order valence-electron chi connectivity index (χ3n) is 4.71. The SMILES string of the molecule is CCn1c(SCC(=O)c2ccc3c(c2)OCCCO3)nnc1N1CCOCC1. The molecule has 0 spiro atoms. The van der Waals surface area contributed by atoms with E-state index >= 15 is 0 Å². The normalized spacial score (nSPS) is 16.7. The molecule has 2 aliphatic rings. The number of fused-ring (bicyclic) bond motifs is 1. The first-order valence-electron chi connectivity index (χ1n) is 9.58. The Labute approximate surface area is 168 Å². The van der Waals surface area contributed by atoms with Crippen LogP contribution in [-0.4, -0.2) is 65.8 Å². The molecule has 2 aromatic rings. The first-order valence-corrected chi connectivity index (χ1v) is 10.6. The van der Waals surface area contributed by atoms with Gasteiger partial charge in [-0.3, -0.25) is 9.36 Å². The first-order chi connectivity index (χ1) is 13.8. The quantitative estimate of drug-likeness (QED) is 0.536. The summed E-state index contributed by atoms with van der Waals surface area (Å²) in [4.78, 5) is 14.9. The number of Topliss-reactive ketones (excluding diaryl/α,β-unsaturated/α-hetero) is 1. The number of benzene rings is 1. The number of hydrogen-bond acceptors (Lipinski definition) is 8. The van der Waals surface area contributed by atoms with E-state index in [0.29, 0.717) is 49.2 Å². The standard InChI is InChI=1S/C19H24N4O4S/c1-2-23-18(22-6-10-25-11-7-22)20-21-19(23)28-13-15(24)14-4-5-16-17(12-14)27-9-3-8-26-16/h4-5,12H,2-3,6-11,13H2,1H3. The van der Waals surface area contributed by atoms with Crippen LogP contribution in [0.4, 0.5) is 5.95 Å². The maximum Gasteiger partial charge on any atom is 0.228 e. The summed E-state index contributed by atoms with van der Waals surface area (Å²) in [5, 5.41) is 9.41. The number of ketones is 1. The Kier molecular flexibility index (Phi) is 6.01. The van der Waals surface area contributed by atoms with Gasteiger partial charge in [0.2, 0.25) is 5.95 Å². The molecular weight excluding hydrogens is 380 g/mol. The lowest BCUT2D eigenvalue weighted by atomic mass is 10.1. The molecule has 0 bridgehead atoms. The van der Waals surface area contributed by atoms with Crippen LogP contribution in [0.1, 0.15) is 23.7 Å². The molecule has 9 heteroatoms. The van der Waals surface area contributed by atoms with Crippen molar-refractivity contribution in [3.63, 3.8) is 0 Å². The average molecular weight is 404 g/mol. The number of ether oxygens (including phenoxy) is 3. The smallest absolute Gasteiger partial charge is 0.228 e. The number of morpholine rings is 1. The molecule has 1 fully saturated rings. The number of nitrogens with zero attached hydrogens (tertiary/aromatic N) is 4. The van der Waals surface area contributed by atoms with E-state index in [1.54, 1.807) is 12.1 Å². The van der Waals surface area contributed by atoms with Crippen LogP contribution in [-0.2, 0) is 11.3 Å². The Bertz CT molecular complexity index is 835. The van der Waals surface area contributed by atoms with Crippen molar-refractivity contribution in [1.82, 2.24) is 14.8 Å². The average Bonchev–Trinajstić information content (AvgIpc) is 3.01. The van der Waals surface area contributed by atoms with Crippen LogP contribution in [0, 0.1) is 0 Å². The van der Waals surface area contributed by atoms with E-state index < -0.39 is 0 Å². The predicted octanol–water partition coefficient (Wildman–Crippen LogP) is 2.27. The van der Waals surface area contributed by atoms with E-state index in [1.807, 2.05) is 6.07 Å². The minimum Gasteiger partial charge on any atom is -0.490 e. The van der Waals surface area contributed by atoms with Crippen molar-refractivity contribution in [1.29, 1.82) is 0 Å². The lowest BCUT2D eigenvalue weighted by Gasteiger charge is -2.27. The third kappa shape index (κ3) is 4.10. The van der Waals surface area contributed by atoms with E-state index in [0.717, 1.165) is 37.2 Å². The highest BCUT2D eigenvalue weighted by Crippen LogP contribution is 2.31. The van der Waals surface area contributed by atoms with Crippen LogP contribution >= 0.6 is 11.8 Å². The number of hydrogen-bond donors (Lipinski definition) is 0. The second-order valence-electron chi connectivity index (χ2n) is 6.55. The zero-order valence-corrected chi connectivity index (χ0v) is 16.7. The van der Waals surface area contributed by atoms with Crippen molar-refractivity contribution in [2.24, 2.45) is 0 Å². The highest BCUT2D eigenvalue weighted by atomic mass is 32.2. The van der Waals surface area contributed by atoms with Crippen LogP contribution in [0.5, 0.6) is 11.5 Å². The second kappa shape index (κ2) is 8.83. The van der Waals surface area contributed by atoms with Crippen LogP contribution in [0.3, 0.4) is 0 Å². The van der Waals surface area contributed by atoms with Crippen molar-refractivity contribution in [2.75, 3.05) is 50.2 Å². The molecule has 3 heterocycles. The Balaban J connectivity index is 1.43. The molecule has 2 aliphatic heterocycles. The Morgan fingerprint density at radius 1 is 1.11 bits per heavy atom. The van der Waals surface area contributed by atoms with Gasteiger partial charge < -0.3 is 19.1 Å². The molecule has 0 amide bonds. The maximum atomic E-state index is 12.7. The first kappa shape index (κ1) is 19.1. The van der Waals surface area contributed by atoms with E-state index in [9.17, 15) is 4.79 Å². The van der Waals surface area contributed by atoms with Crippen molar-refractivity contribution >= 4 is 23.5 Å². The van der Waals surface area contributed by atoms with Crippen molar-refractivity contribution in [3.05, 3.63) is 23.8 Å². The van der Waals surface area contributed by atoms with Gasteiger partial charge in [-0.25, -0.2) is 0 Å². The van der Waals surface area contributed by atoms with Gasteiger partial charge in [0.15, 0.2) is 22.4 Å². The summed E-state index contributed by atoms with van der Waals surface area (Å²) in [6, 6.07) is 5.37. The number of rotatable bonds is 6. The topological polar surface area (TPSA) is 78.7 Å². The molecule has 0 unspecified atom stereocenters. The minimum absolute atomic E-state index is 0.0271. The molecule has 0 N–H and O–H groups in total. The Morgan fingerprint density at radius 2 is 1.89 bits per heavy atom. The number of carbonyl (C=O) groups excluding carboxylic acids is 1. The number of carbonyl (C=O) groups is 1. The van der Waals surface area contributed by atoms with Gasteiger partial charge >= 0.3 is 0 Å². The van der Waals surface area contributed by atoms with Gasteiger partial charge in [-0.1, -0.05) is 11.8 Å². The molecular formula is C19H24N4O4S. The lowest BCUT2D eigenvalue weighted by molar-refractivity contribution is 0.102. The van der Waals surface area contributed by atoms with Crippen LogP contribution in [0.15, 0.2) is 23.4 Å². The monoisotopic (exact) mass is 404 g/mol. The summed E-state index contributed by atoms with van der Waals surface area (Å²) in [7, 11) is 0. The van der Waals surface area contributed by atoms with Gasteiger partial charge in [0.05, 0.1) is 32.2 Å². The summed E-state index contributed by atoms with van der Waals surface area (Å²) in [6.07, 6.45) is 0.839. The molecule has 1 saturated heterocycles. The molecule has 150 valence electrons. The maximum absolute atomic E-state index is 12.7. The predicted molar refractivity (Wildman–Crippen MR) is 106 cm³/mol. The molecule has 8 nitrogen and oxygen atoms in total. The van der Waals surface area contributed by atoms with Gasteiger partial charge in [0.1, 0.15) is 0 Å². The summed E-state index contributed by atoms with van der Waals surface area (Å²) in [5.41, 5.74) is 0.618. The zero-order chi connectivity index (χ0) is 19.3. The molecule has 0 atom stereocenters. The van der Waals surface area contributed by atoms with E-state index in [-0.39, 0.29) is 5.78 Å². The molecule has 4 rings (SSSR count). The third-order valence-corrected chi connectivity index (χ3v) is 5.68. The molecule has 1 aromatic carbocycles. The van der Waals surface area contributed by atoms with Gasteiger partial charge in [0.25, 0.3) is 0 Å². The zero-order valence-electron chi connectivity index (χ0n) is 15.9. The summed E-state index contributed by atoms with van der Waals surface area (Å²) < 4.78 is 18.8. The van der Waals surface area contributed by atoms with E-state index in [4.69, 9.17) is 14.2 Å².